The fraction of sp³-hybridized carbons (Fsp3) is 0. The van der Waals surface area contributed by atoms with E-state index in [1.807, 2.05) is 55.2 Å². The van der Waals surface area contributed by atoms with Crippen molar-refractivity contribution in [3.8, 4) is 55.8 Å². The highest BCUT2D eigenvalue weighted by Crippen LogP contribution is 2.45. The summed E-state index contributed by atoms with van der Waals surface area (Å²) in [5.74, 6) is 0. The zero-order valence-corrected chi connectivity index (χ0v) is 26.1. The first kappa shape index (κ1) is 27.8. The van der Waals surface area contributed by atoms with Crippen molar-refractivity contribution >= 4 is 32.3 Å². The van der Waals surface area contributed by atoms with Crippen LogP contribution < -0.4 is 0 Å². The zero-order valence-electron chi connectivity index (χ0n) is 26.1. The van der Waals surface area contributed by atoms with Crippen molar-refractivity contribution in [3.63, 3.8) is 0 Å². The van der Waals surface area contributed by atoms with Gasteiger partial charge in [0, 0.05) is 47.7 Å². The molecule has 224 valence electrons. The highest BCUT2D eigenvalue weighted by Gasteiger charge is 2.18. The average Bonchev–Trinajstić information content (AvgIpc) is 3.17. The van der Waals surface area contributed by atoms with Gasteiger partial charge >= 0.3 is 0 Å². The molecule has 48 heavy (non-hydrogen) atoms. The second-order valence-corrected chi connectivity index (χ2v) is 12.1. The Labute approximate surface area is 278 Å². The van der Waals surface area contributed by atoms with Gasteiger partial charge in [-0.15, -0.1) is 0 Å². The van der Waals surface area contributed by atoms with Crippen LogP contribution in [0.5, 0.6) is 0 Å². The summed E-state index contributed by atoms with van der Waals surface area (Å²) in [5, 5.41) is 7.37. The highest BCUT2D eigenvalue weighted by atomic mass is 14.7. The Balaban J connectivity index is 1.22. The largest absolute Gasteiger partial charge is 0.265 e. The Bertz CT molecular complexity index is 2540. The molecule has 0 spiro atoms. The van der Waals surface area contributed by atoms with Crippen LogP contribution in [0, 0.1) is 0 Å². The minimum atomic E-state index is 0.975. The van der Waals surface area contributed by atoms with E-state index in [2.05, 4.69) is 136 Å². The summed E-state index contributed by atoms with van der Waals surface area (Å²) in [6, 6.07) is 52.2. The molecular formula is C45H29N3. The Hall–Kier alpha value is -6.45. The second kappa shape index (κ2) is 11.7. The maximum Gasteiger partial charge on any atom is 0.0702 e. The second-order valence-electron chi connectivity index (χ2n) is 12.1. The molecule has 0 saturated heterocycles. The molecule has 0 atom stereocenters. The molecule has 0 bridgehead atoms. The average molecular weight is 612 g/mol. The van der Waals surface area contributed by atoms with Crippen LogP contribution in [0.25, 0.3) is 88.1 Å². The fourth-order valence-corrected chi connectivity index (χ4v) is 7.04. The standard InChI is InChI=1S/C45H29N3/c1-3-11-39-37(9-1)44(33-18-15-30(16-19-33)35-26-36(29-47-28-35)31-21-24-46-25-22-31)38-10-2-4-12-40(38)45(39)41-13-7-8-32-17-20-34(27-42(32)41)43-14-5-6-23-48-43/h1-29H. The van der Waals surface area contributed by atoms with E-state index in [1.165, 1.54) is 54.6 Å². The third-order valence-electron chi connectivity index (χ3n) is 9.30. The van der Waals surface area contributed by atoms with Crippen molar-refractivity contribution in [1.82, 2.24) is 15.0 Å². The van der Waals surface area contributed by atoms with Gasteiger partial charge in [-0.3, -0.25) is 15.0 Å². The molecule has 0 aliphatic heterocycles. The molecule has 0 saturated carbocycles. The van der Waals surface area contributed by atoms with Gasteiger partial charge in [0.1, 0.15) is 0 Å². The van der Waals surface area contributed by atoms with E-state index in [0.717, 1.165) is 33.5 Å². The molecule has 0 unspecified atom stereocenters. The molecule has 9 rings (SSSR count). The monoisotopic (exact) mass is 611 g/mol. The molecule has 0 aliphatic rings. The number of rotatable bonds is 5. The number of nitrogens with zero attached hydrogens (tertiary/aromatic N) is 3. The first-order valence-electron chi connectivity index (χ1n) is 16.2. The molecule has 6 aromatic carbocycles. The predicted octanol–water partition coefficient (Wildman–Crippen LogP) is 11.7. The predicted molar refractivity (Wildman–Crippen MR) is 200 cm³/mol. The van der Waals surface area contributed by atoms with Crippen molar-refractivity contribution in [3.05, 3.63) is 177 Å². The highest BCUT2D eigenvalue weighted by molar-refractivity contribution is 6.23. The molecule has 0 N–H and O–H groups in total. The van der Waals surface area contributed by atoms with Crippen LogP contribution in [-0.2, 0) is 0 Å². The molecule has 9 aromatic rings. The molecule has 3 nitrogen and oxygen atoms in total. The van der Waals surface area contributed by atoms with Crippen LogP contribution >= 0.6 is 0 Å². The van der Waals surface area contributed by atoms with E-state index in [1.54, 1.807) is 0 Å². The van der Waals surface area contributed by atoms with E-state index in [4.69, 9.17) is 0 Å². The van der Waals surface area contributed by atoms with Crippen LogP contribution in [0.15, 0.2) is 177 Å². The minimum absolute atomic E-state index is 0.975. The van der Waals surface area contributed by atoms with Gasteiger partial charge in [0.15, 0.2) is 0 Å². The summed E-state index contributed by atoms with van der Waals surface area (Å²) >= 11 is 0. The van der Waals surface area contributed by atoms with E-state index < -0.39 is 0 Å². The van der Waals surface area contributed by atoms with E-state index >= 15 is 0 Å². The van der Waals surface area contributed by atoms with Crippen LogP contribution in [0.4, 0.5) is 0 Å². The first-order valence-corrected chi connectivity index (χ1v) is 16.2. The molecule has 3 aromatic heterocycles. The number of benzene rings is 6. The van der Waals surface area contributed by atoms with Gasteiger partial charge < -0.3 is 0 Å². The van der Waals surface area contributed by atoms with Crippen LogP contribution in [-0.4, -0.2) is 15.0 Å². The van der Waals surface area contributed by atoms with E-state index in [0.29, 0.717) is 0 Å². The van der Waals surface area contributed by atoms with Crippen molar-refractivity contribution < 1.29 is 0 Å². The van der Waals surface area contributed by atoms with Crippen molar-refractivity contribution in [2.75, 3.05) is 0 Å². The van der Waals surface area contributed by atoms with Gasteiger partial charge in [0.25, 0.3) is 0 Å². The Morgan fingerprint density at radius 1 is 0.333 bits per heavy atom. The molecule has 0 radical (unpaired) electrons. The molecule has 0 aliphatic carbocycles. The number of aromatic nitrogens is 3. The van der Waals surface area contributed by atoms with E-state index in [9.17, 15) is 0 Å². The maximum absolute atomic E-state index is 4.64. The third-order valence-corrected chi connectivity index (χ3v) is 9.30. The Morgan fingerprint density at radius 2 is 0.938 bits per heavy atom. The zero-order chi connectivity index (χ0) is 31.9. The van der Waals surface area contributed by atoms with Crippen LogP contribution in [0.1, 0.15) is 0 Å². The summed E-state index contributed by atoms with van der Waals surface area (Å²) < 4.78 is 0. The normalized spacial score (nSPS) is 11.3. The molecule has 0 fully saturated rings. The van der Waals surface area contributed by atoms with Crippen molar-refractivity contribution in [1.29, 1.82) is 0 Å². The fourth-order valence-electron chi connectivity index (χ4n) is 7.04. The SMILES string of the molecule is c1ccc(-c2ccc3cccc(-c4c5ccccc5c(-c5ccc(-c6cncc(-c7ccncc7)c6)cc5)c5ccccc45)c3c2)nc1. The summed E-state index contributed by atoms with van der Waals surface area (Å²) in [6.45, 7) is 0. The van der Waals surface area contributed by atoms with Crippen LogP contribution in [0.3, 0.4) is 0 Å². The molecular weight excluding hydrogens is 583 g/mol. The lowest BCUT2D eigenvalue weighted by atomic mass is 9.84. The summed E-state index contributed by atoms with van der Waals surface area (Å²) in [4.78, 5) is 13.4. The Kier molecular flexibility index (Phi) is 6.80. The Morgan fingerprint density at radius 3 is 1.60 bits per heavy atom. The topological polar surface area (TPSA) is 38.7 Å². The number of hydrogen-bond acceptors (Lipinski definition) is 3. The minimum Gasteiger partial charge on any atom is -0.265 e. The lowest BCUT2D eigenvalue weighted by Gasteiger charge is -2.19. The van der Waals surface area contributed by atoms with Gasteiger partial charge in [0.05, 0.1) is 5.69 Å². The molecule has 3 heterocycles. The van der Waals surface area contributed by atoms with Gasteiger partial charge in [-0.25, -0.2) is 0 Å². The quantitative estimate of drug-likeness (QED) is 0.182. The van der Waals surface area contributed by atoms with Gasteiger partial charge in [0.2, 0.25) is 0 Å². The van der Waals surface area contributed by atoms with Crippen LogP contribution in [0.2, 0.25) is 0 Å². The van der Waals surface area contributed by atoms with Gasteiger partial charge in [-0.1, -0.05) is 109 Å². The number of fused-ring (bicyclic) bond motifs is 3. The van der Waals surface area contributed by atoms with E-state index in [-0.39, 0.29) is 0 Å². The summed E-state index contributed by atoms with van der Waals surface area (Å²) in [7, 11) is 0. The maximum atomic E-state index is 4.64. The first-order chi connectivity index (χ1) is 23.8. The summed E-state index contributed by atoms with van der Waals surface area (Å²) in [5.41, 5.74) is 11.4. The molecule has 0 amide bonds. The van der Waals surface area contributed by atoms with Crippen molar-refractivity contribution in [2.45, 2.75) is 0 Å². The van der Waals surface area contributed by atoms with Gasteiger partial charge in [-0.05, 0) is 102 Å². The smallest absolute Gasteiger partial charge is 0.0702 e. The van der Waals surface area contributed by atoms with Gasteiger partial charge in [-0.2, -0.15) is 0 Å². The van der Waals surface area contributed by atoms with Crippen molar-refractivity contribution in [2.24, 2.45) is 0 Å². The number of pyridine rings is 3. The number of hydrogen-bond donors (Lipinski definition) is 0. The lowest BCUT2D eigenvalue weighted by molar-refractivity contribution is 1.30. The summed E-state index contributed by atoms with van der Waals surface area (Å²) in [6.07, 6.45) is 9.33. The molecule has 3 heteroatoms. The third kappa shape index (κ3) is 4.81. The lowest BCUT2D eigenvalue weighted by Crippen LogP contribution is -1.92.